The number of benzene rings is 2. The summed E-state index contributed by atoms with van der Waals surface area (Å²) in [5, 5.41) is 0. The van der Waals surface area contributed by atoms with Crippen LogP contribution < -0.4 is 10.5 Å². The summed E-state index contributed by atoms with van der Waals surface area (Å²) in [5.74, 6) is 0.269. The van der Waals surface area contributed by atoms with Crippen molar-refractivity contribution in [1.29, 1.82) is 0 Å². The molecule has 0 bridgehead atoms. The lowest BCUT2D eigenvalue weighted by molar-refractivity contribution is 0.411. The SMILES string of the molecule is COc1ccc(-c2ccc3c(c2)CCC3N)c(F)c1. The minimum absolute atomic E-state index is 0.129. The molecule has 2 aromatic rings. The van der Waals surface area contributed by atoms with Crippen LogP contribution in [-0.2, 0) is 6.42 Å². The highest BCUT2D eigenvalue weighted by Crippen LogP contribution is 2.34. The van der Waals surface area contributed by atoms with E-state index in [1.807, 2.05) is 18.2 Å². The smallest absolute Gasteiger partial charge is 0.134 e. The van der Waals surface area contributed by atoms with E-state index >= 15 is 0 Å². The molecule has 19 heavy (non-hydrogen) atoms. The van der Waals surface area contributed by atoms with Crippen molar-refractivity contribution in [3.8, 4) is 16.9 Å². The van der Waals surface area contributed by atoms with Crippen molar-refractivity contribution in [3.05, 3.63) is 53.3 Å². The number of ether oxygens (including phenoxy) is 1. The van der Waals surface area contributed by atoms with Gasteiger partial charge in [-0.1, -0.05) is 18.2 Å². The van der Waals surface area contributed by atoms with Gasteiger partial charge in [0.1, 0.15) is 11.6 Å². The zero-order valence-electron chi connectivity index (χ0n) is 10.8. The number of fused-ring (bicyclic) bond motifs is 1. The normalized spacial score (nSPS) is 17.3. The molecule has 0 heterocycles. The Kier molecular flexibility index (Phi) is 2.99. The van der Waals surface area contributed by atoms with Crippen LogP contribution in [0.25, 0.3) is 11.1 Å². The summed E-state index contributed by atoms with van der Waals surface area (Å²) in [5.41, 5.74) is 9.94. The molecule has 3 rings (SSSR count). The fraction of sp³-hybridized carbons (Fsp3) is 0.250. The van der Waals surface area contributed by atoms with Crippen LogP contribution in [0, 0.1) is 5.82 Å². The van der Waals surface area contributed by atoms with E-state index in [4.69, 9.17) is 10.5 Å². The van der Waals surface area contributed by atoms with E-state index in [-0.39, 0.29) is 11.9 Å². The minimum atomic E-state index is -0.262. The molecule has 1 unspecified atom stereocenters. The van der Waals surface area contributed by atoms with Crippen molar-refractivity contribution in [2.75, 3.05) is 7.11 Å². The molecule has 0 spiro atoms. The van der Waals surface area contributed by atoms with Gasteiger partial charge in [0.15, 0.2) is 0 Å². The number of halogens is 1. The summed E-state index contributed by atoms with van der Waals surface area (Å²) in [4.78, 5) is 0. The third-order valence-corrected chi connectivity index (χ3v) is 3.75. The molecule has 0 saturated heterocycles. The Morgan fingerprint density at radius 1 is 1.21 bits per heavy atom. The van der Waals surface area contributed by atoms with E-state index in [1.165, 1.54) is 24.3 Å². The third kappa shape index (κ3) is 2.10. The molecule has 0 aromatic heterocycles. The highest BCUT2D eigenvalue weighted by atomic mass is 19.1. The number of aryl methyl sites for hydroxylation is 1. The van der Waals surface area contributed by atoms with Gasteiger partial charge in [0.25, 0.3) is 0 Å². The van der Waals surface area contributed by atoms with Crippen LogP contribution in [0.2, 0.25) is 0 Å². The Balaban J connectivity index is 2.03. The maximum atomic E-state index is 14.0. The van der Waals surface area contributed by atoms with Gasteiger partial charge in [0.2, 0.25) is 0 Å². The van der Waals surface area contributed by atoms with Gasteiger partial charge in [0, 0.05) is 17.7 Å². The number of nitrogens with two attached hydrogens (primary N) is 1. The number of hydrogen-bond donors (Lipinski definition) is 1. The molecule has 1 aliphatic carbocycles. The lowest BCUT2D eigenvalue weighted by atomic mass is 9.99. The molecule has 0 fully saturated rings. The molecular formula is C16H16FNO. The molecule has 1 aliphatic rings. The molecule has 1 atom stereocenters. The summed E-state index contributed by atoms with van der Waals surface area (Å²) in [6, 6.07) is 11.1. The maximum Gasteiger partial charge on any atom is 0.134 e. The van der Waals surface area contributed by atoms with E-state index in [0.29, 0.717) is 11.3 Å². The largest absolute Gasteiger partial charge is 0.497 e. The van der Waals surface area contributed by atoms with Gasteiger partial charge in [-0.3, -0.25) is 0 Å². The number of methoxy groups -OCH3 is 1. The highest BCUT2D eigenvalue weighted by molar-refractivity contribution is 5.67. The Labute approximate surface area is 112 Å². The molecule has 0 aliphatic heterocycles. The zero-order chi connectivity index (χ0) is 13.4. The van der Waals surface area contributed by atoms with Crippen LogP contribution in [0.4, 0.5) is 4.39 Å². The summed E-state index contributed by atoms with van der Waals surface area (Å²) >= 11 is 0. The van der Waals surface area contributed by atoms with E-state index in [0.717, 1.165) is 18.4 Å². The Morgan fingerprint density at radius 3 is 2.79 bits per heavy atom. The third-order valence-electron chi connectivity index (χ3n) is 3.75. The second-order valence-electron chi connectivity index (χ2n) is 4.90. The number of rotatable bonds is 2. The quantitative estimate of drug-likeness (QED) is 0.894. The average Bonchev–Trinajstić information content (AvgIpc) is 2.79. The first-order valence-corrected chi connectivity index (χ1v) is 6.41. The maximum absolute atomic E-state index is 14.0. The number of hydrogen-bond acceptors (Lipinski definition) is 2. The second-order valence-corrected chi connectivity index (χ2v) is 4.90. The molecule has 0 amide bonds. The van der Waals surface area contributed by atoms with E-state index < -0.39 is 0 Å². The van der Waals surface area contributed by atoms with Gasteiger partial charge in [-0.15, -0.1) is 0 Å². The highest BCUT2D eigenvalue weighted by Gasteiger charge is 2.19. The van der Waals surface area contributed by atoms with Crippen LogP contribution in [0.3, 0.4) is 0 Å². The van der Waals surface area contributed by atoms with Gasteiger partial charge < -0.3 is 10.5 Å². The Morgan fingerprint density at radius 2 is 2.05 bits per heavy atom. The molecule has 2 N–H and O–H groups in total. The fourth-order valence-corrected chi connectivity index (χ4v) is 2.67. The first kappa shape index (κ1) is 12.2. The average molecular weight is 257 g/mol. The van der Waals surface area contributed by atoms with Gasteiger partial charge in [-0.05, 0) is 41.7 Å². The van der Waals surface area contributed by atoms with E-state index in [9.17, 15) is 4.39 Å². The molecular weight excluding hydrogens is 241 g/mol. The monoisotopic (exact) mass is 257 g/mol. The molecule has 98 valence electrons. The first-order chi connectivity index (χ1) is 9.19. The van der Waals surface area contributed by atoms with Crippen LogP contribution in [0.5, 0.6) is 5.75 Å². The molecule has 3 heteroatoms. The summed E-state index contributed by atoms with van der Waals surface area (Å²) in [6.45, 7) is 0. The summed E-state index contributed by atoms with van der Waals surface area (Å²) in [6.07, 6.45) is 1.95. The van der Waals surface area contributed by atoms with Crippen molar-refractivity contribution >= 4 is 0 Å². The zero-order valence-corrected chi connectivity index (χ0v) is 10.8. The van der Waals surface area contributed by atoms with Crippen molar-refractivity contribution in [2.24, 2.45) is 5.73 Å². The van der Waals surface area contributed by atoms with Crippen LogP contribution in [0.15, 0.2) is 36.4 Å². The van der Waals surface area contributed by atoms with Crippen LogP contribution in [0.1, 0.15) is 23.6 Å². The summed E-state index contributed by atoms with van der Waals surface area (Å²) in [7, 11) is 1.53. The topological polar surface area (TPSA) is 35.2 Å². The van der Waals surface area contributed by atoms with E-state index in [1.54, 1.807) is 12.1 Å². The van der Waals surface area contributed by atoms with Crippen molar-refractivity contribution in [2.45, 2.75) is 18.9 Å². The van der Waals surface area contributed by atoms with Gasteiger partial charge in [-0.25, -0.2) is 4.39 Å². The van der Waals surface area contributed by atoms with Crippen molar-refractivity contribution in [3.63, 3.8) is 0 Å². The first-order valence-electron chi connectivity index (χ1n) is 6.41. The van der Waals surface area contributed by atoms with Gasteiger partial charge in [0.05, 0.1) is 7.11 Å². The van der Waals surface area contributed by atoms with Gasteiger partial charge in [-0.2, -0.15) is 0 Å². The second kappa shape index (κ2) is 4.67. The van der Waals surface area contributed by atoms with Crippen molar-refractivity contribution in [1.82, 2.24) is 0 Å². The summed E-state index contributed by atoms with van der Waals surface area (Å²) < 4.78 is 19.1. The van der Waals surface area contributed by atoms with Crippen LogP contribution in [-0.4, -0.2) is 7.11 Å². The van der Waals surface area contributed by atoms with Crippen LogP contribution >= 0.6 is 0 Å². The van der Waals surface area contributed by atoms with Crippen molar-refractivity contribution < 1.29 is 9.13 Å². The van der Waals surface area contributed by atoms with E-state index in [2.05, 4.69) is 0 Å². The molecule has 0 radical (unpaired) electrons. The van der Waals surface area contributed by atoms with Gasteiger partial charge >= 0.3 is 0 Å². The predicted molar refractivity (Wildman–Crippen MR) is 73.6 cm³/mol. The lowest BCUT2D eigenvalue weighted by Crippen LogP contribution is -2.04. The molecule has 0 saturated carbocycles. The minimum Gasteiger partial charge on any atom is -0.497 e. The fourth-order valence-electron chi connectivity index (χ4n) is 2.67. The molecule has 2 aromatic carbocycles. The molecule has 2 nitrogen and oxygen atoms in total. The predicted octanol–water partition coefficient (Wildman–Crippen LogP) is 3.45. The Bertz CT molecular complexity index is 624. The Hall–Kier alpha value is -1.87. The lowest BCUT2D eigenvalue weighted by Gasteiger charge is -2.09. The standard InChI is InChI=1S/C16H16FNO/c1-19-12-4-6-13(15(17)9-12)10-2-5-14-11(8-10)3-7-16(14)18/h2,4-6,8-9,16H,3,7,18H2,1H3.